The molecule has 0 aliphatic rings. The first-order valence-electron chi connectivity index (χ1n) is 18.9. The van der Waals surface area contributed by atoms with Crippen LogP contribution in [-0.2, 0) is 0 Å². The first-order chi connectivity index (χ1) is 27.7. The highest BCUT2D eigenvalue weighted by molar-refractivity contribution is 6.14. The van der Waals surface area contributed by atoms with Gasteiger partial charge in [0.05, 0.1) is 11.1 Å². The molecule has 11 rings (SSSR count). The maximum atomic E-state index is 6.73. The van der Waals surface area contributed by atoms with Gasteiger partial charge in [-0.05, 0) is 107 Å². The summed E-state index contributed by atoms with van der Waals surface area (Å²) in [5.41, 5.74) is 11.9. The molecule has 4 nitrogen and oxygen atoms in total. The van der Waals surface area contributed by atoms with Crippen LogP contribution in [0.5, 0.6) is 0 Å². The van der Waals surface area contributed by atoms with Crippen molar-refractivity contribution in [1.82, 2.24) is 0 Å². The van der Waals surface area contributed by atoms with Crippen molar-refractivity contribution in [3.05, 3.63) is 206 Å². The third kappa shape index (κ3) is 5.39. The quantitative estimate of drug-likeness (QED) is 0.164. The number of hydrogen-bond donors (Lipinski definition) is 0. The van der Waals surface area contributed by atoms with Crippen LogP contribution in [0.2, 0.25) is 0 Å². The van der Waals surface area contributed by atoms with Crippen LogP contribution in [0.1, 0.15) is 0 Å². The van der Waals surface area contributed by atoms with Crippen LogP contribution in [0.4, 0.5) is 34.1 Å². The molecule has 0 N–H and O–H groups in total. The van der Waals surface area contributed by atoms with Gasteiger partial charge in [-0.3, -0.25) is 0 Å². The molecule has 56 heavy (non-hydrogen) atoms. The van der Waals surface area contributed by atoms with Gasteiger partial charge in [-0.25, -0.2) is 0 Å². The molecular formula is C52H34N2O2. The molecule has 0 aliphatic carbocycles. The Bertz CT molecular complexity index is 3160. The highest BCUT2D eigenvalue weighted by Gasteiger charge is 2.21. The van der Waals surface area contributed by atoms with Gasteiger partial charge in [0.15, 0.2) is 0 Å². The summed E-state index contributed by atoms with van der Waals surface area (Å²) in [5, 5.41) is 6.79. The summed E-state index contributed by atoms with van der Waals surface area (Å²) in [7, 11) is 0. The van der Waals surface area contributed by atoms with Crippen LogP contribution in [-0.4, -0.2) is 0 Å². The van der Waals surface area contributed by atoms with Crippen molar-refractivity contribution in [2.75, 3.05) is 9.80 Å². The Labute approximate surface area is 323 Å². The van der Waals surface area contributed by atoms with E-state index in [1.807, 2.05) is 12.1 Å². The molecule has 0 radical (unpaired) electrons. The number of benzene rings is 9. The van der Waals surface area contributed by atoms with Gasteiger partial charge >= 0.3 is 0 Å². The summed E-state index contributed by atoms with van der Waals surface area (Å²) in [6, 6.07) is 72.6. The van der Waals surface area contributed by atoms with Gasteiger partial charge in [-0.15, -0.1) is 0 Å². The third-order valence-corrected chi connectivity index (χ3v) is 10.8. The first-order valence-corrected chi connectivity index (χ1v) is 18.9. The van der Waals surface area contributed by atoms with Crippen molar-refractivity contribution in [2.24, 2.45) is 0 Å². The van der Waals surface area contributed by atoms with E-state index in [1.54, 1.807) is 0 Å². The summed E-state index contributed by atoms with van der Waals surface area (Å²) < 4.78 is 13.1. The molecule has 0 aliphatic heterocycles. The summed E-state index contributed by atoms with van der Waals surface area (Å²) in [5.74, 6) is 0. The van der Waals surface area contributed by atoms with Gasteiger partial charge in [0.25, 0.3) is 0 Å². The number of rotatable bonds is 7. The predicted octanol–water partition coefficient (Wildman–Crippen LogP) is 15.2. The minimum Gasteiger partial charge on any atom is -0.456 e. The second-order valence-corrected chi connectivity index (χ2v) is 14.2. The maximum Gasteiger partial charge on any atom is 0.137 e. The molecule has 0 atom stereocenters. The van der Waals surface area contributed by atoms with Gasteiger partial charge in [-0.1, -0.05) is 109 Å². The van der Waals surface area contributed by atoms with Crippen molar-refractivity contribution >= 4 is 88.8 Å². The lowest BCUT2D eigenvalue weighted by molar-refractivity contribution is 0.669. The molecule has 0 bridgehead atoms. The van der Waals surface area contributed by atoms with E-state index in [0.717, 1.165) is 83.6 Å². The Hall–Kier alpha value is -7.56. The largest absolute Gasteiger partial charge is 0.456 e. The SMILES string of the molecule is c1ccc(N(c2ccccc2)c2cccc3oc4cc(N(c5ccc(-c6ccc7ccccc7c6)cc5)c5ccc6c(c5)oc5ccccc56)ccc4c23)cc1. The highest BCUT2D eigenvalue weighted by atomic mass is 16.3. The molecule has 0 saturated heterocycles. The van der Waals surface area contributed by atoms with Gasteiger partial charge in [0, 0.05) is 56.7 Å². The second-order valence-electron chi connectivity index (χ2n) is 14.2. The van der Waals surface area contributed by atoms with Crippen molar-refractivity contribution in [3.8, 4) is 11.1 Å². The Morgan fingerprint density at radius 2 is 0.821 bits per heavy atom. The molecule has 0 fully saturated rings. The van der Waals surface area contributed by atoms with Crippen LogP contribution in [0.15, 0.2) is 215 Å². The predicted molar refractivity (Wildman–Crippen MR) is 233 cm³/mol. The summed E-state index contributed by atoms with van der Waals surface area (Å²) >= 11 is 0. The van der Waals surface area contributed by atoms with E-state index in [-0.39, 0.29) is 0 Å². The summed E-state index contributed by atoms with van der Waals surface area (Å²) in [6.45, 7) is 0. The smallest absolute Gasteiger partial charge is 0.137 e. The van der Waals surface area contributed by atoms with E-state index >= 15 is 0 Å². The second kappa shape index (κ2) is 13.1. The van der Waals surface area contributed by atoms with E-state index < -0.39 is 0 Å². The topological polar surface area (TPSA) is 32.8 Å². The maximum absolute atomic E-state index is 6.73. The van der Waals surface area contributed by atoms with Crippen molar-refractivity contribution in [1.29, 1.82) is 0 Å². The van der Waals surface area contributed by atoms with Crippen molar-refractivity contribution in [2.45, 2.75) is 0 Å². The Morgan fingerprint density at radius 3 is 1.57 bits per heavy atom. The fraction of sp³-hybridized carbons (Fsp3) is 0. The molecule has 11 aromatic rings. The van der Waals surface area contributed by atoms with E-state index in [9.17, 15) is 0 Å². The van der Waals surface area contributed by atoms with Crippen LogP contribution in [0, 0.1) is 0 Å². The van der Waals surface area contributed by atoms with E-state index in [0.29, 0.717) is 0 Å². The first kappa shape index (κ1) is 31.9. The molecule has 0 spiro atoms. The van der Waals surface area contributed by atoms with E-state index in [4.69, 9.17) is 8.83 Å². The fourth-order valence-electron chi connectivity index (χ4n) is 8.18. The fourth-order valence-corrected chi connectivity index (χ4v) is 8.18. The van der Waals surface area contributed by atoms with Crippen LogP contribution < -0.4 is 9.80 Å². The monoisotopic (exact) mass is 718 g/mol. The zero-order valence-corrected chi connectivity index (χ0v) is 30.3. The molecule has 9 aromatic carbocycles. The normalized spacial score (nSPS) is 11.6. The number of fused-ring (bicyclic) bond motifs is 7. The third-order valence-electron chi connectivity index (χ3n) is 10.8. The lowest BCUT2D eigenvalue weighted by Gasteiger charge is -2.26. The average Bonchev–Trinajstić information content (AvgIpc) is 3.83. The lowest BCUT2D eigenvalue weighted by Crippen LogP contribution is -2.10. The molecule has 0 amide bonds. The number of furan rings is 2. The molecule has 2 heterocycles. The van der Waals surface area contributed by atoms with Gasteiger partial charge < -0.3 is 18.6 Å². The lowest BCUT2D eigenvalue weighted by atomic mass is 10.0. The van der Waals surface area contributed by atoms with Crippen LogP contribution >= 0.6 is 0 Å². The van der Waals surface area contributed by atoms with Crippen molar-refractivity contribution < 1.29 is 8.83 Å². The Morgan fingerprint density at radius 1 is 0.286 bits per heavy atom. The highest BCUT2D eigenvalue weighted by Crippen LogP contribution is 2.45. The standard InChI is InChI=1S/C52H34N2O2/c1-3-14-39(15-4-1)54(40-16-5-2-6-17-40)47-19-11-21-49-52(47)46-31-29-43(34-51(46)56-49)53(42-28-30-45-44-18-9-10-20-48(44)55-50(45)33-42)41-26-24-36(25-27-41)38-23-22-35-12-7-8-13-37(35)32-38/h1-34H. The average molecular weight is 719 g/mol. The van der Waals surface area contributed by atoms with Gasteiger partial charge in [0.2, 0.25) is 0 Å². The Balaban J connectivity index is 1.06. The van der Waals surface area contributed by atoms with E-state index in [2.05, 4.69) is 204 Å². The minimum absolute atomic E-state index is 0.814. The number of nitrogens with zero attached hydrogens (tertiary/aromatic N) is 2. The molecule has 0 unspecified atom stereocenters. The van der Waals surface area contributed by atoms with Gasteiger partial charge in [-0.2, -0.15) is 0 Å². The van der Waals surface area contributed by atoms with Crippen LogP contribution in [0.25, 0.3) is 65.8 Å². The molecule has 0 saturated carbocycles. The zero-order valence-electron chi connectivity index (χ0n) is 30.3. The van der Waals surface area contributed by atoms with Crippen LogP contribution in [0.3, 0.4) is 0 Å². The molecular weight excluding hydrogens is 685 g/mol. The number of hydrogen-bond acceptors (Lipinski definition) is 4. The number of para-hydroxylation sites is 3. The number of anilines is 6. The Kier molecular flexibility index (Phi) is 7.46. The zero-order chi connectivity index (χ0) is 37.0. The molecule has 2 aromatic heterocycles. The van der Waals surface area contributed by atoms with Crippen molar-refractivity contribution in [3.63, 3.8) is 0 Å². The summed E-state index contributed by atoms with van der Waals surface area (Å²) in [6.07, 6.45) is 0. The van der Waals surface area contributed by atoms with Gasteiger partial charge in [0.1, 0.15) is 22.3 Å². The molecule has 264 valence electrons. The van der Waals surface area contributed by atoms with E-state index in [1.165, 1.54) is 16.3 Å². The molecule has 4 heteroatoms. The summed E-state index contributed by atoms with van der Waals surface area (Å²) in [4.78, 5) is 4.59. The minimum atomic E-state index is 0.814.